The summed E-state index contributed by atoms with van der Waals surface area (Å²) in [5.41, 5.74) is 3.35. The summed E-state index contributed by atoms with van der Waals surface area (Å²) in [6.45, 7) is 4.44. The molecule has 1 saturated heterocycles. The van der Waals surface area contributed by atoms with E-state index in [0.29, 0.717) is 35.2 Å². The summed E-state index contributed by atoms with van der Waals surface area (Å²) >= 11 is 7.58. The molecule has 1 unspecified atom stereocenters. The van der Waals surface area contributed by atoms with Crippen molar-refractivity contribution in [3.05, 3.63) is 89.2 Å². The molecule has 3 aromatic carbocycles. The van der Waals surface area contributed by atoms with Gasteiger partial charge in [0.25, 0.3) is 0 Å². The van der Waals surface area contributed by atoms with Gasteiger partial charge in [0.15, 0.2) is 11.3 Å². The molecule has 0 aliphatic carbocycles. The van der Waals surface area contributed by atoms with Gasteiger partial charge in [0, 0.05) is 17.1 Å². The minimum atomic E-state index is -4.76. The summed E-state index contributed by atoms with van der Waals surface area (Å²) in [6, 6.07) is 17.9. The molecule has 5 rings (SSSR count). The highest BCUT2D eigenvalue weighted by atomic mass is 35.5. The van der Waals surface area contributed by atoms with Crippen molar-refractivity contribution in [3.63, 3.8) is 0 Å². The Morgan fingerprint density at radius 1 is 1.11 bits per heavy atom. The van der Waals surface area contributed by atoms with E-state index >= 15 is 0 Å². The fraction of sp³-hybridized carbons (Fsp3) is 0.267. The maximum absolute atomic E-state index is 12.8. The Balaban J connectivity index is 1.14. The monoisotopic (exact) mass is 644 g/mol. The van der Waals surface area contributed by atoms with E-state index in [-0.39, 0.29) is 29.4 Å². The minimum absolute atomic E-state index is 0.0997. The molecule has 0 spiro atoms. The van der Waals surface area contributed by atoms with E-state index in [4.69, 9.17) is 11.6 Å². The van der Waals surface area contributed by atoms with Crippen molar-refractivity contribution in [3.8, 4) is 22.8 Å². The first-order valence-electron chi connectivity index (χ1n) is 13.6. The number of thioether (sulfide) groups is 1. The lowest BCUT2D eigenvalue weighted by atomic mass is 10.0. The van der Waals surface area contributed by atoms with Crippen molar-refractivity contribution in [2.75, 3.05) is 17.2 Å². The standard InChI is InChI=1S/C30H28ClF3N6O3S/c1-18(2)24-12-7-21(31)15-25(24)40-26(41)16-44-29(40)37-28(42)35-14-13-19-3-5-20(6-4-19)27-36-17-39(38-27)22-8-10-23(11-9-22)43-30(32,33)34/h3-12,15,17-18,29H,13-14,16H2,1-2H3,(H2,35,37,42). The molecule has 14 heteroatoms. The van der Waals surface area contributed by atoms with Gasteiger partial charge in [-0.3, -0.25) is 9.69 Å². The number of halogens is 4. The third-order valence-corrected chi connectivity index (χ3v) is 8.03. The van der Waals surface area contributed by atoms with Crippen LogP contribution in [0.5, 0.6) is 5.75 Å². The van der Waals surface area contributed by atoms with Crippen LogP contribution in [0.15, 0.2) is 73.1 Å². The molecule has 9 nitrogen and oxygen atoms in total. The van der Waals surface area contributed by atoms with Crippen molar-refractivity contribution in [2.45, 2.75) is 38.0 Å². The molecule has 1 aliphatic heterocycles. The Bertz CT molecular complexity index is 1630. The highest BCUT2D eigenvalue weighted by Crippen LogP contribution is 2.36. The number of amides is 3. The Kier molecular flexibility index (Phi) is 9.35. The molecule has 1 aromatic heterocycles. The highest BCUT2D eigenvalue weighted by Gasteiger charge is 2.35. The number of anilines is 1. The van der Waals surface area contributed by atoms with E-state index in [9.17, 15) is 22.8 Å². The van der Waals surface area contributed by atoms with Crippen LogP contribution >= 0.6 is 23.4 Å². The second kappa shape index (κ2) is 13.2. The second-order valence-corrected chi connectivity index (χ2v) is 11.7. The summed E-state index contributed by atoms with van der Waals surface area (Å²) in [5.74, 6) is 0.430. The summed E-state index contributed by atoms with van der Waals surface area (Å²) in [5, 5.41) is 10.7. The van der Waals surface area contributed by atoms with Gasteiger partial charge in [-0.25, -0.2) is 14.5 Å². The molecule has 230 valence electrons. The smallest absolute Gasteiger partial charge is 0.406 e. The zero-order chi connectivity index (χ0) is 31.4. The number of urea groups is 1. The van der Waals surface area contributed by atoms with Gasteiger partial charge in [-0.1, -0.05) is 55.8 Å². The number of hydrogen-bond donors (Lipinski definition) is 2. The van der Waals surface area contributed by atoms with Crippen LogP contribution in [0.3, 0.4) is 0 Å². The molecule has 3 amide bonds. The van der Waals surface area contributed by atoms with Crippen LogP contribution in [0.1, 0.15) is 30.9 Å². The van der Waals surface area contributed by atoms with Gasteiger partial charge in [0.2, 0.25) is 5.91 Å². The topological polar surface area (TPSA) is 101 Å². The Hall–Kier alpha value is -4.23. The predicted molar refractivity (Wildman–Crippen MR) is 163 cm³/mol. The number of alkyl halides is 3. The molecule has 0 radical (unpaired) electrons. The zero-order valence-electron chi connectivity index (χ0n) is 23.6. The molecule has 0 saturated carbocycles. The Morgan fingerprint density at radius 2 is 1.84 bits per heavy atom. The number of nitrogens with one attached hydrogen (secondary N) is 2. The second-order valence-electron chi connectivity index (χ2n) is 10.2. The van der Waals surface area contributed by atoms with Crippen molar-refractivity contribution >= 4 is 41.0 Å². The molecular formula is C30H28ClF3N6O3S. The lowest BCUT2D eigenvalue weighted by Crippen LogP contribution is -2.49. The number of benzene rings is 3. The first kappa shape index (κ1) is 31.2. The van der Waals surface area contributed by atoms with Gasteiger partial charge in [0.05, 0.1) is 17.1 Å². The van der Waals surface area contributed by atoms with Crippen LogP contribution in [0.2, 0.25) is 5.02 Å². The number of ether oxygens (including phenoxy) is 1. The fourth-order valence-electron chi connectivity index (χ4n) is 4.63. The summed E-state index contributed by atoms with van der Waals surface area (Å²) in [4.78, 5) is 31.4. The minimum Gasteiger partial charge on any atom is -0.406 e. The highest BCUT2D eigenvalue weighted by molar-refractivity contribution is 8.01. The maximum atomic E-state index is 12.8. The van der Waals surface area contributed by atoms with Gasteiger partial charge in [-0.15, -0.1) is 30.0 Å². The van der Waals surface area contributed by atoms with E-state index in [1.54, 1.807) is 17.0 Å². The average molecular weight is 645 g/mol. The van der Waals surface area contributed by atoms with Gasteiger partial charge in [0.1, 0.15) is 12.1 Å². The maximum Gasteiger partial charge on any atom is 0.573 e. The van der Waals surface area contributed by atoms with E-state index in [0.717, 1.165) is 16.7 Å². The average Bonchev–Trinajstić information content (AvgIpc) is 3.60. The van der Waals surface area contributed by atoms with Crippen molar-refractivity contribution in [2.24, 2.45) is 0 Å². The van der Waals surface area contributed by atoms with E-state index < -0.39 is 11.9 Å². The van der Waals surface area contributed by atoms with Gasteiger partial charge < -0.3 is 15.4 Å². The first-order chi connectivity index (χ1) is 21.0. The van der Waals surface area contributed by atoms with Crippen LogP contribution in [0.4, 0.5) is 23.7 Å². The van der Waals surface area contributed by atoms with Crippen molar-refractivity contribution in [1.29, 1.82) is 0 Å². The van der Waals surface area contributed by atoms with Crippen LogP contribution in [0.25, 0.3) is 17.1 Å². The molecule has 44 heavy (non-hydrogen) atoms. The largest absolute Gasteiger partial charge is 0.573 e. The zero-order valence-corrected chi connectivity index (χ0v) is 25.2. The van der Waals surface area contributed by atoms with Gasteiger partial charge in [-0.05, 0) is 59.9 Å². The Morgan fingerprint density at radius 3 is 2.52 bits per heavy atom. The molecule has 1 aliphatic rings. The third-order valence-electron chi connectivity index (χ3n) is 6.73. The number of carbonyl (C=O) groups excluding carboxylic acids is 2. The lowest BCUT2D eigenvalue weighted by Gasteiger charge is -2.28. The van der Waals surface area contributed by atoms with Crippen LogP contribution in [0, 0.1) is 0 Å². The van der Waals surface area contributed by atoms with Crippen LogP contribution in [-0.4, -0.2) is 50.9 Å². The number of carbonyl (C=O) groups is 2. The summed E-state index contributed by atoms with van der Waals surface area (Å²) < 4.78 is 42.5. The Labute approximate surface area is 260 Å². The molecule has 0 bridgehead atoms. The first-order valence-corrected chi connectivity index (χ1v) is 15.0. The van der Waals surface area contributed by atoms with E-state index in [1.807, 2.05) is 44.2 Å². The molecular weight excluding hydrogens is 617 g/mol. The van der Waals surface area contributed by atoms with Crippen LogP contribution < -0.4 is 20.3 Å². The van der Waals surface area contributed by atoms with E-state index in [1.165, 1.54) is 47.0 Å². The molecule has 1 fully saturated rings. The normalized spacial score (nSPS) is 15.1. The van der Waals surface area contributed by atoms with Gasteiger partial charge in [-0.2, -0.15) is 0 Å². The SMILES string of the molecule is CC(C)c1ccc(Cl)cc1N1C(=O)CSC1NC(=O)NCCc1ccc(-c2ncn(-c3ccc(OC(F)(F)F)cc3)n2)cc1. The predicted octanol–water partition coefficient (Wildman–Crippen LogP) is 6.52. The van der Waals surface area contributed by atoms with Crippen molar-refractivity contribution in [1.82, 2.24) is 25.4 Å². The number of nitrogens with zero attached hydrogens (tertiary/aromatic N) is 4. The number of hydrogen-bond acceptors (Lipinski definition) is 6. The number of aromatic nitrogens is 3. The third kappa shape index (κ3) is 7.64. The molecule has 4 aromatic rings. The van der Waals surface area contributed by atoms with E-state index in [2.05, 4.69) is 25.5 Å². The fourth-order valence-corrected chi connectivity index (χ4v) is 5.81. The lowest BCUT2D eigenvalue weighted by molar-refractivity contribution is -0.274. The van der Waals surface area contributed by atoms with Crippen molar-refractivity contribution < 1.29 is 27.5 Å². The molecule has 1 atom stereocenters. The van der Waals surface area contributed by atoms with Gasteiger partial charge >= 0.3 is 12.4 Å². The molecule has 2 N–H and O–H groups in total. The summed E-state index contributed by atoms with van der Waals surface area (Å²) in [7, 11) is 0. The van der Waals surface area contributed by atoms with Crippen LogP contribution in [-0.2, 0) is 11.2 Å². The summed E-state index contributed by atoms with van der Waals surface area (Å²) in [6.07, 6.45) is -2.72. The number of rotatable bonds is 9. The molecule has 2 heterocycles. The quantitative estimate of drug-likeness (QED) is 0.215.